The van der Waals surface area contributed by atoms with E-state index in [1.165, 1.54) is 12.8 Å². The molecule has 0 radical (unpaired) electrons. The van der Waals surface area contributed by atoms with E-state index < -0.39 is 0 Å². The standard InChI is InChI=1S/C13H25N3O/c1-10-8-16(5-4-12(10)6-14)9-13(17)15-7-11-2-3-11/h10-12H,2-9,14H2,1H3,(H,15,17). The van der Waals surface area contributed by atoms with Crippen molar-refractivity contribution in [3.05, 3.63) is 0 Å². The summed E-state index contributed by atoms with van der Waals surface area (Å²) in [6.45, 7) is 6.50. The Morgan fingerprint density at radius 3 is 2.76 bits per heavy atom. The van der Waals surface area contributed by atoms with Crippen LogP contribution in [0.1, 0.15) is 26.2 Å². The van der Waals surface area contributed by atoms with E-state index in [1.807, 2.05) is 0 Å². The summed E-state index contributed by atoms with van der Waals surface area (Å²) in [7, 11) is 0. The molecular formula is C13H25N3O. The van der Waals surface area contributed by atoms with Crippen molar-refractivity contribution in [3.63, 3.8) is 0 Å². The first-order valence-electron chi connectivity index (χ1n) is 6.88. The average Bonchev–Trinajstić information content (AvgIpc) is 3.10. The van der Waals surface area contributed by atoms with Crippen molar-refractivity contribution in [3.8, 4) is 0 Å². The van der Waals surface area contributed by atoms with Gasteiger partial charge in [0.1, 0.15) is 0 Å². The zero-order chi connectivity index (χ0) is 12.3. The number of piperidine rings is 1. The first-order chi connectivity index (χ1) is 8.19. The van der Waals surface area contributed by atoms with Crippen LogP contribution in [0.3, 0.4) is 0 Å². The molecule has 0 aromatic rings. The second-order valence-electron chi connectivity index (χ2n) is 5.74. The third-order valence-corrected chi connectivity index (χ3v) is 4.12. The molecular weight excluding hydrogens is 214 g/mol. The molecule has 1 heterocycles. The summed E-state index contributed by atoms with van der Waals surface area (Å²) in [5.74, 6) is 2.21. The second-order valence-corrected chi connectivity index (χ2v) is 5.74. The van der Waals surface area contributed by atoms with Gasteiger partial charge in [0, 0.05) is 13.1 Å². The van der Waals surface area contributed by atoms with Gasteiger partial charge in [0.05, 0.1) is 6.54 Å². The van der Waals surface area contributed by atoms with Gasteiger partial charge in [-0.05, 0) is 50.1 Å². The average molecular weight is 239 g/mol. The van der Waals surface area contributed by atoms with E-state index >= 15 is 0 Å². The molecule has 0 aromatic heterocycles. The van der Waals surface area contributed by atoms with Crippen LogP contribution in [-0.2, 0) is 4.79 Å². The van der Waals surface area contributed by atoms with Crippen molar-refractivity contribution in [1.29, 1.82) is 0 Å². The molecule has 1 aliphatic carbocycles. The molecule has 4 heteroatoms. The van der Waals surface area contributed by atoms with Crippen LogP contribution in [0, 0.1) is 17.8 Å². The van der Waals surface area contributed by atoms with Crippen LogP contribution in [0.25, 0.3) is 0 Å². The van der Waals surface area contributed by atoms with Crippen LogP contribution in [0.15, 0.2) is 0 Å². The Balaban J connectivity index is 1.66. The van der Waals surface area contributed by atoms with Crippen molar-refractivity contribution in [2.75, 3.05) is 32.7 Å². The maximum absolute atomic E-state index is 11.7. The van der Waals surface area contributed by atoms with Crippen molar-refractivity contribution in [2.24, 2.45) is 23.5 Å². The molecule has 1 aliphatic heterocycles. The van der Waals surface area contributed by atoms with Gasteiger partial charge >= 0.3 is 0 Å². The van der Waals surface area contributed by atoms with Gasteiger partial charge in [-0.1, -0.05) is 6.92 Å². The SMILES string of the molecule is CC1CN(CC(=O)NCC2CC2)CCC1CN. The predicted molar refractivity (Wildman–Crippen MR) is 68.5 cm³/mol. The smallest absolute Gasteiger partial charge is 0.234 e. The monoisotopic (exact) mass is 239 g/mol. The maximum Gasteiger partial charge on any atom is 0.234 e. The quantitative estimate of drug-likeness (QED) is 0.731. The number of carbonyl (C=O) groups excluding carboxylic acids is 1. The van der Waals surface area contributed by atoms with Gasteiger partial charge in [0.15, 0.2) is 0 Å². The number of rotatable bonds is 5. The summed E-state index contributed by atoms with van der Waals surface area (Å²) < 4.78 is 0. The van der Waals surface area contributed by atoms with E-state index in [4.69, 9.17) is 5.73 Å². The number of carbonyl (C=O) groups is 1. The first-order valence-corrected chi connectivity index (χ1v) is 6.88. The Labute approximate surface area is 104 Å². The van der Waals surface area contributed by atoms with Gasteiger partial charge in [-0.3, -0.25) is 9.69 Å². The van der Waals surface area contributed by atoms with Gasteiger partial charge in [-0.15, -0.1) is 0 Å². The molecule has 0 spiro atoms. The Hall–Kier alpha value is -0.610. The molecule has 1 saturated heterocycles. The molecule has 2 aliphatic rings. The molecule has 2 unspecified atom stereocenters. The van der Waals surface area contributed by atoms with Gasteiger partial charge in [-0.25, -0.2) is 0 Å². The van der Waals surface area contributed by atoms with E-state index in [0.29, 0.717) is 18.4 Å². The Bertz CT molecular complexity index is 265. The van der Waals surface area contributed by atoms with Gasteiger partial charge in [-0.2, -0.15) is 0 Å². The minimum atomic E-state index is 0.190. The van der Waals surface area contributed by atoms with E-state index in [9.17, 15) is 4.79 Å². The highest BCUT2D eigenvalue weighted by Crippen LogP contribution is 2.27. The summed E-state index contributed by atoms with van der Waals surface area (Å²) in [5.41, 5.74) is 5.73. The number of nitrogens with zero attached hydrogens (tertiary/aromatic N) is 1. The number of amides is 1. The van der Waals surface area contributed by atoms with Crippen LogP contribution < -0.4 is 11.1 Å². The number of hydrogen-bond acceptors (Lipinski definition) is 3. The largest absolute Gasteiger partial charge is 0.355 e. The molecule has 1 saturated carbocycles. The molecule has 17 heavy (non-hydrogen) atoms. The molecule has 2 rings (SSSR count). The van der Waals surface area contributed by atoms with Crippen LogP contribution in [0.2, 0.25) is 0 Å². The molecule has 4 nitrogen and oxygen atoms in total. The molecule has 1 amide bonds. The van der Waals surface area contributed by atoms with Crippen molar-refractivity contribution in [1.82, 2.24) is 10.2 Å². The van der Waals surface area contributed by atoms with Gasteiger partial charge in [0.2, 0.25) is 5.91 Å². The van der Waals surface area contributed by atoms with Crippen molar-refractivity contribution < 1.29 is 4.79 Å². The minimum Gasteiger partial charge on any atom is -0.355 e. The van der Waals surface area contributed by atoms with Crippen LogP contribution in [0.4, 0.5) is 0 Å². The summed E-state index contributed by atoms with van der Waals surface area (Å²) in [5, 5.41) is 3.03. The fourth-order valence-electron chi connectivity index (χ4n) is 2.61. The number of nitrogens with two attached hydrogens (primary N) is 1. The zero-order valence-electron chi connectivity index (χ0n) is 10.8. The lowest BCUT2D eigenvalue weighted by molar-refractivity contribution is -0.122. The van der Waals surface area contributed by atoms with Crippen LogP contribution in [0.5, 0.6) is 0 Å². The predicted octanol–water partition coefficient (Wildman–Crippen LogP) is 0.429. The van der Waals surface area contributed by atoms with E-state index in [1.54, 1.807) is 0 Å². The van der Waals surface area contributed by atoms with Crippen LogP contribution >= 0.6 is 0 Å². The summed E-state index contributed by atoms with van der Waals surface area (Å²) in [6.07, 6.45) is 3.71. The molecule has 0 aromatic carbocycles. The van der Waals surface area contributed by atoms with Gasteiger partial charge in [0.25, 0.3) is 0 Å². The molecule has 2 atom stereocenters. The lowest BCUT2D eigenvalue weighted by Crippen LogP contribution is -2.46. The summed E-state index contributed by atoms with van der Waals surface area (Å²) >= 11 is 0. The Kier molecular flexibility index (Phi) is 4.40. The third-order valence-electron chi connectivity index (χ3n) is 4.12. The highest BCUT2D eigenvalue weighted by atomic mass is 16.2. The normalized spacial score (nSPS) is 30.2. The van der Waals surface area contributed by atoms with Crippen molar-refractivity contribution in [2.45, 2.75) is 26.2 Å². The fraction of sp³-hybridized carbons (Fsp3) is 0.923. The maximum atomic E-state index is 11.7. The fourth-order valence-corrected chi connectivity index (χ4v) is 2.61. The topological polar surface area (TPSA) is 58.4 Å². The molecule has 98 valence electrons. The first kappa shape index (κ1) is 12.8. The second kappa shape index (κ2) is 5.83. The lowest BCUT2D eigenvalue weighted by Gasteiger charge is -2.35. The third kappa shape index (κ3) is 3.96. The van der Waals surface area contributed by atoms with Gasteiger partial charge < -0.3 is 11.1 Å². The Morgan fingerprint density at radius 1 is 1.41 bits per heavy atom. The zero-order valence-corrected chi connectivity index (χ0v) is 10.8. The number of nitrogens with one attached hydrogen (secondary N) is 1. The minimum absolute atomic E-state index is 0.190. The van der Waals surface area contributed by atoms with Crippen molar-refractivity contribution >= 4 is 5.91 Å². The van der Waals surface area contributed by atoms with E-state index in [0.717, 1.165) is 38.5 Å². The highest BCUT2D eigenvalue weighted by Gasteiger charge is 2.26. The number of likely N-dealkylation sites (tertiary alicyclic amines) is 1. The Morgan fingerprint density at radius 2 is 2.18 bits per heavy atom. The summed E-state index contributed by atoms with van der Waals surface area (Å²) in [4.78, 5) is 14.0. The molecule has 2 fully saturated rings. The molecule has 3 N–H and O–H groups in total. The number of hydrogen-bond donors (Lipinski definition) is 2. The lowest BCUT2D eigenvalue weighted by atomic mass is 9.87. The van der Waals surface area contributed by atoms with Crippen LogP contribution in [-0.4, -0.2) is 43.5 Å². The van der Waals surface area contributed by atoms with E-state index in [2.05, 4.69) is 17.1 Å². The van der Waals surface area contributed by atoms with E-state index in [-0.39, 0.29) is 5.91 Å². The summed E-state index contributed by atoms with van der Waals surface area (Å²) in [6, 6.07) is 0. The highest BCUT2D eigenvalue weighted by molar-refractivity contribution is 5.78. The molecule has 0 bridgehead atoms.